The quantitative estimate of drug-likeness (QED) is 0.838. The molecule has 1 spiro atoms. The van der Waals surface area contributed by atoms with Gasteiger partial charge >= 0.3 is 0 Å². The fourth-order valence-corrected chi connectivity index (χ4v) is 4.33. The minimum atomic E-state index is 0. The van der Waals surface area contributed by atoms with Crippen molar-refractivity contribution in [3.63, 3.8) is 0 Å². The summed E-state index contributed by atoms with van der Waals surface area (Å²) < 4.78 is 0. The van der Waals surface area contributed by atoms with E-state index in [-0.39, 0.29) is 12.4 Å². The van der Waals surface area contributed by atoms with Gasteiger partial charge in [0.05, 0.1) is 0 Å². The highest BCUT2D eigenvalue weighted by Gasteiger charge is 2.40. The molecule has 112 valence electrons. The molecule has 2 nitrogen and oxygen atoms in total. The van der Waals surface area contributed by atoms with Gasteiger partial charge in [0.2, 0.25) is 0 Å². The van der Waals surface area contributed by atoms with Crippen LogP contribution >= 0.6 is 12.4 Å². The summed E-state index contributed by atoms with van der Waals surface area (Å²) in [7, 11) is 0. The smallest absolute Gasteiger partial charge is 0.00512 e. The number of nitrogens with zero attached hydrogens (tertiary/aromatic N) is 1. The molecule has 3 heteroatoms. The molecule has 19 heavy (non-hydrogen) atoms. The molecule has 0 bridgehead atoms. The van der Waals surface area contributed by atoms with Crippen molar-refractivity contribution in [1.82, 2.24) is 10.2 Å². The minimum absolute atomic E-state index is 0. The van der Waals surface area contributed by atoms with Crippen LogP contribution in [-0.4, -0.2) is 37.6 Å². The number of rotatable bonds is 2. The van der Waals surface area contributed by atoms with E-state index in [0.717, 1.165) is 5.92 Å². The maximum Gasteiger partial charge on any atom is 0.00512 e. The molecule has 1 unspecified atom stereocenters. The van der Waals surface area contributed by atoms with Gasteiger partial charge < -0.3 is 10.2 Å². The summed E-state index contributed by atoms with van der Waals surface area (Å²) in [5.74, 6) is 0.988. The molecule has 0 aromatic rings. The Bertz CT molecular complexity index is 287. The molecular weight excluding hydrogens is 256 g/mol. The molecule has 2 aliphatic heterocycles. The average molecular weight is 287 g/mol. The standard InChI is InChI=1S/C16H30N2.ClH/c1-15(2)5-3-14(4-6-15)11-18-10-8-16(13-18)7-9-17-12-16;/h14,17H,3-13H2,1-2H3;1H. The zero-order valence-electron chi connectivity index (χ0n) is 12.7. The van der Waals surface area contributed by atoms with Crippen LogP contribution in [-0.2, 0) is 0 Å². The summed E-state index contributed by atoms with van der Waals surface area (Å²) >= 11 is 0. The lowest BCUT2D eigenvalue weighted by Gasteiger charge is -2.36. The third-order valence-corrected chi connectivity index (χ3v) is 5.82. The lowest BCUT2D eigenvalue weighted by Crippen LogP contribution is -2.34. The number of nitrogens with one attached hydrogen (secondary N) is 1. The SMILES string of the molecule is CC1(C)CCC(CN2CCC3(CCNC3)C2)CC1.Cl. The fourth-order valence-electron chi connectivity index (χ4n) is 4.33. The van der Waals surface area contributed by atoms with Gasteiger partial charge in [-0.2, -0.15) is 0 Å². The van der Waals surface area contributed by atoms with Crippen LogP contribution < -0.4 is 5.32 Å². The Hall–Kier alpha value is 0.210. The van der Waals surface area contributed by atoms with E-state index in [4.69, 9.17) is 0 Å². The second-order valence-corrected chi connectivity index (χ2v) is 8.02. The first-order chi connectivity index (χ1) is 8.57. The van der Waals surface area contributed by atoms with E-state index in [1.54, 1.807) is 0 Å². The van der Waals surface area contributed by atoms with E-state index in [0.29, 0.717) is 10.8 Å². The predicted molar refractivity (Wildman–Crippen MR) is 84.0 cm³/mol. The van der Waals surface area contributed by atoms with Gasteiger partial charge in [-0.25, -0.2) is 0 Å². The van der Waals surface area contributed by atoms with E-state index in [2.05, 4.69) is 24.1 Å². The first-order valence-electron chi connectivity index (χ1n) is 8.00. The Labute approximate surface area is 125 Å². The summed E-state index contributed by atoms with van der Waals surface area (Å²) in [5, 5.41) is 3.56. The maximum absolute atomic E-state index is 3.56. The topological polar surface area (TPSA) is 15.3 Å². The Morgan fingerprint density at radius 3 is 2.47 bits per heavy atom. The Morgan fingerprint density at radius 1 is 1.11 bits per heavy atom. The van der Waals surface area contributed by atoms with Crippen LogP contribution in [0.5, 0.6) is 0 Å². The van der Waals surface area contributed by atoms with Crippen LogP contribution in [0, 0.1) is 16.7 Å². The van der Waals surface area contributed by atoms with Crippen molar-refractivity contribution < 1.29 is 0 Å². The van der Waals surface area contributed by atoms with Crippen molar-refractivity contribution in [3.8, 4) is 0 Å². The Kier molecular flexibility index (Phi) is 4.85. The van der Waals surface area contributed by atoms with E-state index >= 15 is 0 Å². The summed E-state index contributed by atoms with van der Waals surface area (Å²) in [6.45, 7) is 11.5. The van der Waals surface area contributed by atoms with E-state index in [9.17, 15) is 0 Å². The monoisotopic (exact) mass is 286 g/mol. The highest BCUT2D eigenvalue weighted by molar-refractivity contribution is 5.85. The summed E-state index contributed by atoms with van der Waals surface area (Å²) in [4.78, 5) is 2.77. The van der Waals surface area contributed by atoms with E-state index in [1.807, 2.05) is 0 Å². The predicted octanol–water partition coefficient (Wildman–Crippen LogP) is 3.31. The van der Waals surface area contributed by atoms with Crippen LogP contribution in [0.3, 0.4) is 0 Å². The van der Waals surface area contributed by atoms with Gasteiger partial charge in [-0.1, -0.05) is 13.8 Å². The minimum Gasteiger partial charge on any atom is -0.316 e. The third-order valence-electron chi connectivity index (χ3n) is 5.82. The van der Waals surface area contributed by atoms with Crippen molar-refractivity contribution in [3.05, 3.63) is 0 Å². The van der Waals surface area contributed by atoms with Gasteiger partial charge in [0.15, 0.2) is 0 Å². The molecule has 3 aliphatic rings. The second kappa shape index (κ2) is 5.91. The average Bonchev–Trinajstić information content (AvgIpc) is 2.93. The highest BCUT2D eigenvalue weighted by atomic mass is 35.5. The van der Waals surface area contributed by atoms with Gasteiger partial charge in [0.1, 0.15) is 0 Å². The van der Waals surface area contributed by atoms with Crippen LogP contribution in [0.25, 0.3) is 0 Å². The van der Waals surface area contributed by atoms with Crippen molar-refractivity contribution in [2.75, 3.05) is 32.7 Å². The maximum atomic E-state index is 3.56. The van der Waals surface area contributed by atoms with Gasteiger partial charge in [0.25, 0.3) is 0 Å². The molecule has 3 fully saturated rings. The van der Waals surface area contributed by atoms with Crippen molar-refractivity contribution >= 4 is 12.4 Å². The summed E-state index contributed by atoms with van der Waals surface area (Å²) in [6.07, 6.45) is 8.68. The normalized spacial score (nSPS) is 35.7. The number of likely N-dealkylation sites (tertiary alicyclic amines) is 1. The molecule has 0 amide bonds. The summed E-state index contributed by atoms with van der Waals surface area (Å²) in [5.41, 5.74) is 1.28. The second-order valence-electron chi connectivity index (χ2n) is 8.02. The van der Waals surface area contributed by atoms with Gasteiger partial charge in [-0.05, 0) is 68.4 Å². The molecule has 1 atom stereocenters. The lowest BCUT2D eigenvalue weighted by molar-refractivity contribution is 0.150. The third kappa shape index (κ3) is 3.65. The number of hydrogen-bond acceptors (Lipinski definition) is 2. The van der Waals surface area contributed by atoms with Gasteiger partial charge in [0, 0.05) is 19.6 Å². The lowest BCUT2D eigenvalue weighted by atomic mass is 9.73. The molecule has 2 saturated heterocycles. The molecule has 2 heterocycles. The van der Waals surface area contributed by atoms with Crippen LogP contribution in [0.4, 0.5) is 0 Å². The number of hydrogen-bond donors (Lipinski definition) is 1. The number of halogens is 1. The van der Waals surface area contributed by atoms with Gasteiger partial charge in [-0.3, -0.25) is 0 Å². The Balaban J connectivity index is 0.00000133. The van der Waals surface area contributed by atoms with Crippen LogP contribution in [0.2, 0.25) is 0 Å². The largest absolute Gasteiger partial charge is 0.316 e. The highest BCUT2D eigenvalue weighted by Crippen LogP contribution is 2.40. The van der Waals surface area contributed by atoms with Gasteiger partial charge in [-0.15, -0.1) is 12.4 Å². The molecule has 1 N–H and O–H groups in total. The zero-order chi connectivity index (χ0) is 12.6. The van der Waals surface area contributed by atoms with E-state index in [1.165, 1.54) is 71.2 Å². The van der Waals surface area contributed by atoms with Crippen LogP contribution in [0.15, 0.2) is 0 Å². The first kappa shape index (κ1) is 15.6. The molecular formula is C16H31ClN2. The molecule has 3 rings (SSSR count). The Morgan fingerprint density at radius 2 is 1.84 bits per heavy atom. The first-order valence-corrected chi connectivity index (χ1v) is 8.00. The van der Waals surface area contributed by atoms with Crippen molar-refractivity contribution in [2.45, 2.75) is 52.4 Å². The fraction of sp³-hybridized carbons (Fsp3) is 1.00. The van der Waals surface area contributed by atoms with Crippen LogP contribution in [0.1, 0.15) is 52.4 Å². The molecule has 1 saturated carbocycles. The molecule has 0 aromatic heterocycles. The zero-order valence-corrected chi connectivity index (χ0v) is 13.5. The molecule has 1 aliphatic carbocycles. The van der Waals surface area contributed by atoms with Crippen molar-refractivity contribution in [1.29, 1.82) is 0 Å². The molecule has 0 radical (unpaired) electrons. The molecule has 0 aromatic carbocycles. The summed E-state index contributed by atoms with van der Waals surface area (Å²) in [6, 6.07) is 0. The van der Waals surface area contributed by atoms with E-state index < -0.39 is 0 Å². The van der Waals surface area contributed by atoms with Crippen molar-refractivity contribution in [2.24, 2.45) is 16.7 Å².